The van der Waals surface area contributed by atoms with E-state index in [4.69, 9.17) is 9.15 Å². The monoisotopic (exact) mass is 407 g/mol. The number of sulfone groups is 1. The molecule has 1 fully saturated rings. The highest BCUT2D eigenvalue weighted by Crippen LogP contribution is 2.28. The summed E-state index contributed by atoms with van der Waals surface area (Å²) in [7, 11) is -3.08. The molecule has 152 valence electrons. The van der Waals surface area contributed by atoms with Crippen LogP contribution in [0.1, 0.15) is 30.9 Å². The van der Waals surface area contributed by atoms with Gasteiger partial charge in [0.2, 0.25) is 0 Å². The number of rotatable bonds is 6. The van der Waals surface area contributed by atoms with Gasteiger partial charge in [-0.15, -0.1) is 0 Å². The van der Waals surface area contributed by atoms with E-state index < -0.39 is 15.5 Å². The van der Waals surface area contributed by atoms with E-state index >= 15 is 0 Å². The van der Waals surface area contributed by atoms with Crippen molar-refractivity contribution in [2.45, 2.75) is 39.7 Å². The minimum atomic E-state index is -3.08. The Morgan fingerprint density at radius 3 is 2.71 bits per heavy atom. The summed E-state index contributed by atoms with van der Waals surface area (Å²) in [5, 5.41) is 0.819. The summed E-state index contributed by atoms with van der Waals surface area (Å²) in [4.78, 5) is 26.0. The molecule has 0 aliphatic carbocycles. The van der Waals surface area contributed by atoms with E-state index in [0.29, 0.717) is 29.9 Å². The molecule has 0 unspecified atom stereocenters. The number of ether oxygens (including phenoxy) is 1. The lowest BCUT2D eigenvalue weighted by molar-refractivity contribution is -0.135. The normalized spacial score (nSPS) is 18.3. The van der Waals surface area contributed by atoms with Crippen LogP contribution >= 0.6 is 0 Å². The van der Waals surface area contributed by atoms with Crippen molar-refractivity contribution in [2.75, 3.05) is 24.7 Å². The minimum Gasteiger partial charge on any atom is -0.483 e. The van der Waals surface area contributed by atoms with Gasteiger partial charge in [-0.25, -0.2) is 13.2 Å². The molecule has 1 amide bonds. The van der Waals surface area contributed by atoms with Crippen molar-refractivity contribution in [2.24, 2.45) is 0 Å². The summed E-state index contributed by atoms with van der Waals surface area (Å²) in [5.41, 5.74) is 1.48. The van der Waals surface area contributed by atoms with E-state index in [1.807, 2.05) is 13.8 Å². The lowest BCUT2D eigenvalue weighted by Crippen LogP contribution is -2.44. The van der Waals surface area contributed by atoms with Gasteiger partial charge in [0, 0.05) is 29.6 Å². The van der Waals surface area contributed by atoms with E-state index in [2.05, 4.69) is 0 Å². The first-order valence-electron chi connectivity index (χ1n) is 9.38. The van der Waals surface area contributed by atoms with Crippen LogP contribution in [0.25, 0.3) is 11.0 Å². The van der Waals surface area contributed by atoms with E-state index in [9.17, 15) is 18.0 Å². The number of amides is 1. The lowest BCUT2D eigenvalue weighted by atomic mass is 10.1. The molecule has 1 saturated heterocycles. The van der Waals surface area contributed by atoms with Gasteiger partial charge in [-0.2, -0.15) is 0 Å². The average Bonchev–Trinajstić information content (AvgIpc) is 2.98. The quantitative estimate of drug-likeness (QED) is 0.682. The van der Waals surface area contributed by atoms with Crippen molar-refractivity contribution in [1.29, 1.82) is 0 Å². The summed E-state index contributed by atoms with van der Waals surface area (Å²) < 4.78 is 34.6. The molecule has 0 saturated carbocycles. The van der Waals surface area contributed by atoms with E-state index in [-0.39, 0.29) is 30.1 Å². The second-order valence-corrected chi connectivity index (χ2v) is 9.48. The van der Waals surface area contributed by atoms with Gasteiger partial charge in [0.25, 0.3) is 5.91 Å². The summed E-state index contributed by atoms with van der Waals surface area (Å²) in [6, 6.07) is 4.69. The van der Waals surface area contributed by atoms with Gasteiger partial charge in [-0.3, -0.25) is 4.79 Å². The Bertz CT molecular complexity index is 1060. The molecule has 2 aromatic rings. The highest BCUT2D eigenvalue weighted by molar-refractivity contribution is 7.91. The molecule has 0 radical (unpaired) electrons. The Kier molecular flexibility index (Phi) is 5.79. The highest BCUT2D eigenvalue weighted by Gasteiger charge is 2.34. The molecule has 0 N–H and O–H groups in total. The fourth-order valence-corrected chi connectivity index (χ4v) is 5.38. The first-order chi connectivity index (χ1) is 13.2. The molecule has 1 aromatic heterocycles. The van der Waals surface area contributed by atoms with Gasteiger partial charge in [0.1, 0.15) is 11.3 Å². The van der Waals surface area contributed by atoms with Crippen LogP contribution in [0, 0.1) is 13.8 Å². The zero-order chi connectivity index (χ0) is 20.5. The average molecular weight is 407 g/mol. The van der Waals surface area contributed by atoms with Crippen LogP contribution < -0.4 is 10.4 Å². The smallest absolute Gasteiger partial charge is 0.336 e. The Morgan fingerprint density at radius 2 is 2.07 bits per heavy atom. The van der Waals surface area contributed by atoms with E-state index in [1.165, 1.54) is 6.07 Å². The van der Waals surface area contributed by atoms with Gasteiger partial charge in [0.05, 0.1) is 11.5 Å². The van der Waals surface area contributed by atoms with Crippen LogP contribution in [-0.2, 0) is 14.6 Å². The topological polar surface area (TPSA) is 93.9 Å². The number of fused-ring (bicyclic) bond motifs is 1. The first-order valence-corrected chi connectivity index (χ1v) is 11.2. The van der Waals surface area contributed by atoms with Gasteiger partial charge < -0.3 is 14.1 Å². The number of benzene rings is 1. The predicted molar refractivity (Wildman–Crippen MR) is 107 cm³/mol. The van der Waals surface area contributed by atoms with Gasteiger partial charge in [-0.05, 0) is 44.4 Å². The molecular weight excluding hydrogens is 382 g/mol. The molecule has 1 aliphatic rings. The molecule has 0 bridgehead atoms. The van der Waals surface area contributed by atoms with Gasteiger partial charge in [0.15, 0.2) is 16.4 Å². The van der Waals surface area contributed by atoms with Gasteiger partial charge >= 0.3 is 5.63 Å². The molecule has 8 heteroatoms. The molecule has 1 aromatic carbocycles. The van der Waals surface area contributed by atoms with Crippen molar-refractivity contribution in [3.63, 3.8) is 0 Å². The van der Waals surface area contributed by atoms with Crippen molar-refractivity contribution in [1.82, 2.24) is 4.90 Å². The molecule has 1 atom stereocenters. The fraction of sp³-hybridized carbons (Fsp3) is 0.500. The number of hydrogen-bond donors (Lipinski definition) is 0. The maximum Gasteiger partial charge on any atom is 0.336 e. The van der Waals surface area contributed by atoms with E-state index in [1.54, 1.807) is 24.0 Å². The third-order valence-electron chi connectivity index (χ3n) is 5.10. The molecule has 7 nitrogen and oxygen atoms in total. The second-order valence-electron chi connectivity index (χ2n) is 7.25. The Morgan fingerprint density at radius 1 is 1.32 bits per heavy atom. The molecule has 3 rings (SSSR count). The summed E-state index contributed by atoms with van der Waals surface area (Å²) in [6.45, 7) is 5.85. The Hall–Kier alpha value is -2.35. The van der Waals surface area contributed by atoms with Crippen LogP contribution in [0.3, 0.4) is 0 Å². The van der Waals surface area contributed by atoms with E-state index in [0.717, 1.165) is 17.4 Å². The number of carbonyl (C=O) groups is 1. The van der Waals surface area contributed by atoms with Crippen molar-refractivity contribution in [3.8, 4) is 5.75 Å². The number of carbonyl (C=O) groups excluding carboxylic acids is 1. The molecule has 0 spiro atoms. The largest absolute Gasteiger partial charge is 0.483 e. The van der Waals surface area contributed by atoms with Crippen LogP contribution in [0.5, 0.6) is 5.75 Å². The number of nitrogens with zero attached hydrogens (tertiary/aromatic N) is 1. The zero-order valence-electron chi connectivity index (χ0n) is 16.4. The number of hydrogen-bond acceptors (Lipinski definition) is 6. The van der Waals surface area contributed by atoms with Gasteiger partial charge in [-0.1, -0.05) is 6.92 Å². The van der Waals surface area contributed by atoms with Crippen molar-refractivity contribution < 1.29 is 22.4 Å². The zero-order valence-corrected chi connectivity index (χ0v) is 17.2. The summed E-state index contributed by atoms with van der Waals surface area (Å²) >= 11 is 0. The SMILES string of the molecule is CCCN(C(=O)COc1ccc2c(C)cc(=O)oc2c1C)[C@H]1CCS(=O)(=O)C1. The minimum absolute atomic E-state index is 0.0121. The predicted octanol–water partition coefficient (Wildman–Crippen LogP) is 2.21. The molecule has 28 heavy (non-hydrogen) atoms. The summed E-state index contributed by atoms with van der Waals surface area (Å²) in [5.74, 6) is 0.353. The van der Waals surface area contributed by atoms with Crippen LogP contribution in [-0.4, -0.2) is 49.9 Å². The Balaban J connectivity index is 1.77. The fourth-order valence-electron chi connectivity index (χ4n) is 3.65. The molecular formula is C20H25NO6S. The third-order valence-corrected chi connectivity index (χ3v) is 6.85. The first kappa shape index (κ1) is 20.4. The second kappa shape index (κ2) is 7.95. The standard InChI is InChI=1S/C20H25NO6S/c1-4-8-21(15-7-9-28(24,25)12-15)18(22)11-26-17-6-5-16-13(2)10-19(23)27-20(16)14(17)3/h5-6,10,15H,4,7-9,11-12H2,1-3H3/t15-/m0/s1. The number of aryl methyl sites for hydroxylation is 2. The lowest BCUT2D eigenvalue weighted by Gasteiger charge is -2.28. The van der Waals surface area contributed by atoms with Crippen molar-refractivity contribution in [3.05, 3.63) is 39.7 Å². The van der Waals surface area contributed by atoms with Crippen LogP contribution in [0.4, 0.5) is 0 Å². The highest BCUT2D eigenvalue weighted by atomic mass is 32.2. The third kappa shape index (κ3) is 4.22. The molecule has 1 aliphatic heterocycles. The van der Waals surface area contributed by atoms with Crippen LogP contribution in [0.15, 0.2) is 27.4 Å². The van der Waals surface area contributed by atoms with Crippen LogP contribution in [0.2, 0.25) is 0 Å². The Labute approximate surface area is 164 Å². The van der Waals surface area contributed by atoms with Crippen molar-refractivity contribution >= 4 is 26.7 Å². The maximum absolute atomic E-state index is 12.7. The molecule has 2 heterocycles. The summed E-state index contributed by atoms with van der Waals surface area (Å²) in [6.07, 6.45) is 1.20. The maximum atomic E-state index is 12.7.